The maximum absolute atomic E-state index is 14.2. The number of benzene rings is 1. The number of carbonyl (C=O) groups excluding carboxylic acids is 4. The van der Waals surface area contributed by atoms with Gasteiger partial charge in [-0.3, -0.25) is 33.4 Å². The number of aryl methyl sites for hydroxylation is 2. The number of anilines is 3. The first-order chi connectivity index (χ1) is 33.0. The van der Waals surface area contributed by atoms with Crippen LogP contribution in [0.5, 0.6) is 0 Å². The molecule has 69 heavy (non-hydrogen) atoms. The lowest BCUT2D eigenvalue weighted by molar-refractivity contribution is -0.144. The summed E-state index contributed by atoms with van der Waals surface area (Å²) < 4.78 is 1.70. The van der Waals surface area contributed by atoms with Gasteiger partial charge in [-0.1, -0.05) is 57.9 Å². The summed E-state index contributed by atoms with van der Waals surface area (Å²) >= 11 is 1.58. The third-order valence-electron chi connectivity index (χ3n) is 13.9. The van der Waals surface area contributed by atoms with E-state index in [1.165, 1.54) is 11.8 Å². The minimum absolute atomic E-state index is 0.0104. The van der Waals surface area contributed by atoms with Crippen molar-refractivity contribution < 1.29 is 24.3 Å². The highest BCUT2D eigenvalue weighted by Gasteiger charge is 2.44. The number of thiazole rings is 1. The number of amides is 3. The fourth-order valence-electron chi connectivity index (χ4n) is 10.0. The number of β-amino-alcohol motifs (C(OH)–C–C–N with tert-alkyl or cyclic N) is 1. The molecule has 18 heteroatoms. The van der Waals surface area contributed by atoms with Crippen LogP contribution in [0.4, 0.5) is 17.5 Å². The van der Waals surface area contributed by atoms with Crippen LogP contribution in [0.1, 0.15) is 119 Å². The molecule has 1 saturated carbocycles. The normalized spacial score (nSPS) is 18.9. The van der Waals surface area contributed by atoms with Crippen LogP contribution in [0, 0.1) is 19.3 Å². The number of aliphatic hydroxyl groups excluding tert-OH is 1. The standard InChI is InChI=1S/C51H65N11O6S/c1-30-39-27-53-50(58-46(39)62(36-11-8-9-12-36)48(67)43(30)33(4)63)56-41-19-18-37(26-52-41)60-23-21-59(22-24-60)20-10-13-42(65)57-45(51(5,6)7)49(68)61-28-38(64)25-40(61)47(66)55-31(2)34-14-16-35(17-15-34)44-32(3)54-29-69-44/h14-19,26-27,29,31,36,38,40,45,64H,8-13,20-25,28H2,1-7H3,(H,55,66)(H,57,65)(H,52,53,56,58)/t31-,38+,40-,45-/m0/s1. The number of nitrogens with one attached hydrogen (secondary N) is 3. The quantitative estimate of drug-likeness (QED) is 0.0856. The summed E-state index contributed by atoms with van der Waals surface area (Å²) in [5.74, 6) is -0.339. The number of hydrogen-bond donors (Lipinski definition) is 4. The molecular weight excluding hydrogens is 895 g/mol. The molecular formula is C51H65N11O6S. The Kier molecular flexibility index (Phi) is 14.9. The number of ketones is 1. The van der Waals surface area contributed by atoms with E-state index in [1.807, 2.05) is 82.7 Å². The van der Waals surface area contributed by atoms with Crippen molar-refractivity contribution in [3.8, 4) is 10.4 Å². The molecule has 0 unspecified atom stereocenters. The third kappa shape index (κ3) is 11.0. The van der Waals surface area contributed by atoms with Gasteiger partial charge in [0.25, 0.3) is 5.56 Å². The van der Waals surface area contributed by atoms with E-state index in [0.29, 0.717) is 34.8 Å². The number of aliphatic hydroxyl groups is 1. The summed E-state index contributed by atoms with van der Waals surface area (Å²) in [4.78, 5) is 92.9. The first kappa shape index (κ1) is 49.3. The lowest BCUT2D eigenvalue weighted by Crippen LogP contribution is -2.57. The number of Topliss-reactive ketones (excluding diaryl/α,β-unsaturated/α-hetero) is 1. The molecule has 8 rings (SSSR count). The second-order valence-electron chi connectivity index (χ2n) is 19.9. The van der Waals surface area contributed by atoms with E-state index in [2.05, 4.69) is 40.7 Å². The van der Waals surface area contributed by atoms with Crippen LogP contribution in [0.15, 0.2) is 59.1 Å². The van der Waals surface area contributed by atoms with Crippen molar-refractivity contribution in [1.82, 2.24) is 44.9 Å². The van der Waals surface area contributed by atoms with Gasteiger partial charge in [-0.2, -0.15) is 4.98 Å². The zero-order valence-corrected chi connectivity index (χ0v) is 41.6. The van der Waals surface area contributed by atoms with Crippen molar-refractivity contribution in [3.63, 3.8) is 0 Å². The second-order valence-corrected chi connectivity index (χ2v) is 20.8. The van der Waals surface area contributed by atoms with Gasteiger partial charge in [0.05, 0.1) is 45.7 Å². The molecule has 1 aliphatic carbocycles. The molecule has 0 bridgehead atoms. The van der Waals surface area contributed by atoms with Crippen LogP contribution in [0.2, 0.25) is 0 Å². The summed E-state index contributed by atoms with van der Waals surface area (Å²) in [5, 5.41) is 20.6. The Morgan fingerprint density at radius 3 is 2.29 bits per heavy atom. The molecule has 0 radical (unpaired) electrons. The fourth-order valence-corrected chi connectivity index (χ4v) is 10.8. The molecule has 3 aliphatic rings. The SMILES string of the molecule is CC(=O)c1c(C)c2cnc(Nc3ccc(N4CCN(CCCC(=O)N[C@@H](C(=O)N5C[C@H](O)C[C@H]5C(=O)N[C@@H](C)c5ccc(-c6scnc6C)cc5)C(C)(C)C)CC4)cn3)nc2n(C2CCCC2)c1=O. The van der Waals surface area contributed by atoms with Gasteiger partial charge in [-0.15, -0.1) is 11.3 Å². The van der Waals surface area contributed by atoms with Crippen molar-refractivity contribution >= 4 is 63.3 Å². The number of hydrogen-bond acceptors (Lipinski definition) is 14. The molecule has 5 aromatic rings. The molecule has 2 saturated heterocycles. The molecule has 0 spiro atoms. The smallest absolute Gasteiger partial charge is 0.263 e. The third-order valence-corrected chi connectivity index (χ3v) is 14.9. The largest absolute Gasteiger partial charge is 0.391 e. The van der Waals surface area contributed by atoms with E-state index in [4.69, 9.17) is 4.98 Å². The molecule has 17 nitrogen and oxygen atoms in total. The zero-order chi connectivity index (χ0) is 49.1. The molecule has 6 heterocycles. The predicted molar refractivity (Wildman–Crippen MR) is 268 cm³/mol. The fraction of sp³-hybridized carbons (Fsp3) is 0.510. The van der Waals surface area contributed by atoms with E-state index < -0.39 is 23.6 Å². The minimum Gasteiger partial charge on any atom is -0.391 e. The number of piperazine rings is 1. The Labute approximate surface area is 407 Å². The maximum Gasteiger partial charge on any atom is 0.263 e. The summed E-state index contributed by atoms with van der Waals surface area (Å²) in [7, 11) is 0. The lowest BCUT2D eigenvalue weighted by Gasteiger charge is -2.36. The van der Waals surface area contributed by atoms with E-state index in [9.17, 15) is 29.1 Å². The first-order valence-electron chi connectivity index (χ1n) is 24.2. The van der Waals surface area contributed by atoms with Crippen molar-refractivity contribution in [2.45, 2.75) is 124 Å². The number of likely N-dealkylation sites (tertiary alicyclic amines) is 1. The Morgan fingerprint density at radius 2 is 1.65 bits per heavy atom. The Bertz CT molecular complexity index is 2740. The topological polar surface area (TPSA) is 208 Å². The van der Waals surface area contributed by atoms with E-state index in [-0.39, 0.29) is 66.1 Å². The van der Waals surface area contributed by atoms with Gasteiger partial charge in [-0.25, -0.2) is 15.0 Å². The highest BCUT2D eigenvalue weighted by molar-refractivity contribution is 7.13. The van der Waals surface area contributed by atoms with Crippen LogP contribution < -0.4 is 26.4 Å². The number of aromatic nitrogens is 5. The molecule has 366 valence electrons. The van der Waals surface area contributed by atoms with Crippen LogP contribution in [-0.2, 0) is 14.4 Å². The van der Waals surface area contributed by atoms with Gasteiger partial charge in [-0.05, 0) is 87.7 Å². The van der Waals surface area contributed by atoms with Gasteiger partial charge in [0.15, 0.2) is 5.78 Å². The summed E-state index contributed by atoms with van der Waals surface area (Å²) in [5.41, 5.74) is 6.11. The van der Waals surface area contributed by atoms with Crippen LogP contribution >= 0.6 is 11.3 Å². The van der Waals surface area contributed by atoms with Crippen LogP contribution in [-0.4, -0.2) is 120 Å². The zero-order valence-electron chi connectivity index (χ0n) is 40.7. The Morgan fingerprint density at radius 1 is 0.928 bits per heavy atom. The highest BCUT2D eigenvalue weighted by Crippen LogP contribution is 2.33. The summed E-state index contributed by atoms with van der Waals surface area (Å²) in [6.07, 6.45) is 7.38. The van der Waals surface area contributed by atoms with Crippen LogP contribution in [0.25, 0.3) is 21.5 Å². The van der Waals surface area contributed by atoms with E-state index >= 15 is 0 Å². The van der Waals surface area contributed by atoms with Gasteiger partial charge in [0.2, 0.25) is 23.7 Å². The van der Waals surface area contributed by atoms with Crippen molar-refractivity contribution in [3.05, 3.63) is 87.0 Å². The summed E-state index contributed by atoms with van der Waals surface area (Å²) in [6.45, 7) is 16.7. The number of fused-ring (bicyclic) bond motifs is 1. The number of nitrogens with zero attached hydrogens (tertiary/aromatic N) is 8. The number of carbonyl (C=O) groups is 4. The van der Waals surface area contributed by atoms with Crippen molar-refractivity contribution in [1.29, 1.82) is 0 Å². The number of pyridine rings is 2. The monoisotopic (exact) mass is 959 g/mol. The second kappa shape index (κ2) is 20.9. The Hall–Kier alpha value is -6.11. The van der Waals surface area contributed by atoms with Crippen molar-refractivity contribution in [2.75, 3.05) is 49.5 Å². The Balaban J connectivity index is 0.808. The molecule has 3 amide bonds. The minimum atomic E-state index is -0.892. The van der Waals surface area contributed by atoms with Gasteiger partial charge in [0, 0.05) is 63.2 Å². The van der Waals surface area contributed by atoms with E-state index in [0.717, 1.165) is 85.8 Å². The maximum atomic E-state index is 14.2. The van der Waals surface area contributed by atoms with Crippen molar-refractivity contribution in [2.24, 2.45) is 5.41 Å². The van der Waals surface area contributed by atoms with Gasteiger partial charge >= 0.3 is 0 Å². The molecule has 2 aliphatic heterocycles. The average Bonchev–Trinajstić information content (AvgIpc) is 4.10. The highest BCUT2D eigenvalue weighted by atomic mass is 32.1. The average molecular weight is 960 g/mol. The lowest BCUT2D eigenvalue weighted by atomic mass is 9.85. The summed E-state index contributed by atoms with van der Waals surface area (Å²) in [6, 6.07) is 9.75. The molecule has 1 aromatic carbocycles. The number of rotatable bonds is 15. The molecule has 4 aromatic heterocycles. The molecule has 4 atom stereocenters. The molecule has 3 fully saturated rings. The van der Waals surface area contributed by atoms with Gasteiger partial charge in [0.1, 0.15) is 23.5 Å². The van der Waals surface area contributed by atoms with E-state index in [1.54, 1.807) is 29.0 Å². The predicted octanol–water partition coefficient (Wildman–Crippen LogP) is 6.26. The first-order valence-corrected chi connectivity index (χ1v) is 25.1. The van der Waals surface area contributed by atoms with Crippen LogP contribution in [0.3, 0.4) is 0 Å². The molecule has 4 N–H and O–H groups in total. The van der Waals surface area contributed by atoms with Gasteiger partial charge < -0.3 is 30.9 Å².